The number of halogens is 1. The van der Waals surface area contributed by atoms with E-state index in [1.54, 1.807) is 18.2 Å². The van der Waals surface area contributed by atoms with Gasteiger partial charge in [-0.1, -0.05) is 28.1 Å². The monoisotopic (exact) mass is 361 g/mol. The van der Waals surface area contributed by atoms with Crippen LogP contribution in [0.5, 0.6) is 0 Å². The molecule has 3 rings (SSSR count). The van der Waals surface area contributed by atoms with Gasteiger partial charge in [0.15, 0.2) is 5.78 Å². The number of carbonyl (C=O) groups is 2. The van der Waals surface area contributed by atoms with Gasteiger partial charge in [-0.05, 0) is 42.2 Å². The van der Waals surface area contributed by atoms with E-state index in [0.717, 1.165) is 10.0 Å². The lowest BCUT2D eigenvalue weighted by molar-refractivity contribution is -0.115. The van der Waals surface area contributed by atoms with Crippen molar-refractivity contribution < 1.29 is 9.59 Å². The summed E-state index contributed by atoms with van der Waals surface area (Å²) in [5.74, 6) is -0.144. The molecule has 1 unspecified atom stereocenters. The third-order valence-corrected chi connectivity index (χ3v) is 4.92. The smallest absolute Gasteiger partial charge is 0.242 e. The molecule has 21 heavy (non-hydrogen) atoms. The van der Waals surface area contributed by atoms with E-state index in [2.05, 4.69) is 21.2 Å². The van der Waals surface area contributed by atoms with Crippen molar-refractivity contribution >= 4 is 45.1 Å². The summed E-state index contributed by atoms with van der Waals surface area (Å²) in [6.45, 7) is 0. The van der Waals surface area contributed by atoms with Crippen LogP contribution >= 0.6 is 27.7 Å². The van der Waals surface area contributed by atoms with Gasteiger partial charge >= 0.3 is 0 Å². The minimum absolute atomic E-state index is 0.0615. The second-order valence-electron chi connectivity index (χ2n) is 4.71. The third-order valence-electron chi connectivity index (χ3n) is 3.45. The van der Waals surface area contributed by atoms with Gasteiger partial charge in [-0.3, -0.25) is 9.59 Å². The lowest BCUT2D eigenvalue weighted by Crippen LogP contribution is -2.10. The molecule has 1 amide bonds. The van der Waals surface area contributed by atoms with Gasteiger partial charge in [-0.15, -0.1) is 11.8 Å². The average Bonchev–Trinajstić information content (AvgIpc) is 2.82. The molecule has 5 heteroatoms. The zero-order chi connectivity index (χ0) is 15.0. The molecule has 0 fully saturated rings. The molecule has 1 aliphatic heterocycles. The van der Waals surface area contributed by atoms with Crippen LogP contribution in [0.25, 0.3) is 0 Å². The first-order chi connectivity index (χ1) is 10.1. The Hall–Kier alpha value is -1.59. The zero-order valence-corrected chi connectivity index (χ0v) is 13.6. The average molecular weight is 362 g/mol. The molecule has 0 aromatic heterocycles. The van der Waals surface area contributed by atoms with Crippen molar-refractivity contribution in [1.82, 2.24) is 0 Å². The molecule has 0 radical (unpaired) electrons. The normalized spacial score (nSPS) is 16.5. The number of anilines is 1. The minimum atomic E-state index is -0.238. The third kappa shape index (κ3) is 2.51. The van der Waals surface area contributed by atoms with Crippen molar-refractivity contribution in [3.63, 3.8) is 0 Å². The molecule has 1 atom stereocenters. The molecule has 106 valence electrons. The molecule has 2 aromatic rings. The molecule has 1 N–H and O–H groups in total. The topological polar surface area (TPSA) is 46.2 Å². The number of hydrogen-bond acceptors (Lipinski definition) is 3. The Balaban J connectivity index is 2.05. The Morgan fingerprint density at radius 1 is 1.19 bits per heavy atom. The second kappa shape index (κ2) is 5.66. The Morgan fingerprint density at radius 3 is 2.57 bits per heavy atom. The van der Waals surface area contributed by atoms with Crippen LogP contribution in [0.3, 0.4) is 0 Å². The van der Waals surface area contributed by atoms with E-state index in [1.165, 1.54) is 11.8 Å². The van der Waals surface area contributed by atoms with Crippen LogP contribution in [0.2, 0.25) is 0 Å². The highest BCUT2D eigenvalue weighted by Crippen LogP contribution is 2.41. The number of rotatable bonds is 3. The number of nitrogens with one attached hydrogen (secondary N) is 1. The van der Waals surface area contributed by atoms with Gasteiger partial charge in [0.25, 0.3) is 0 Å². The Kier molecular flexibility index (Phi) is 3.87. The Bertz CT molecular complexity index is 728. The van der Waals surface area contributed by atoms with Crippen molar-refractivity contribution in [2.75, 3.05) is 11.6 Å². The number of fused-ring (bicyclic) bond motifs is 1. The molecule has 1 heterocycles. The van der Waals surface area contributed by atoms with Crippen molar-refractivity contribution in [2.45, 2.75) is 5.25 Å². The molecular weight excluding hydrogens is 350 g/mol. The lowest BCUT2D eigenvalue weighted by atomic mass is 9.99. The molecule has 0 saturated heterocycles. The van der Waals surface area contributed by atoms with Crippen molar-refractivity contribution in [3.8, 4) is 0 Å². The fourth-order valence-electron chi connectivity index (χ4n) is 2.44. The van der Waals surface area contributed by atoms with Gasteiger partial charge in [0.2, 0.25) is 5.91 Å². The van der Waals surface area contributed by atoms with Crippen LogP contribution in [0.4, 0.5) is 5.69 Å². The van der Waals surface area contributed by atoms with Crippen LogP contribution in [-0.4, -0.2) is 17.9 Å². The van der Waals surface area contributed by atoms with Crippen molar-refractivity contribution in [2.24, 2.45) is 0 Å². The van der Waals surface area contributed by atoms with Crippen LogP contribution in [0.15, 0.2) is 46.9 Å². The first kappa shape index (κ1) is 14.4. The summed E-state index contributed by atoms with van der Waals surface area (Å²) in [6, 6.07) is 12.7. The number of thioether (sulfide) groups is 1. The van der Waals surface area contributed by atoms with Crippen LogP contribution < -0.4 is 5.32 Å². The van der Waals surface area contributed by atoms with E-state index in [0.29, 0.717) is 16.8 Å². The van der Waals surface area contributed by atoms with Crippen molar-refractivity contribution in [1.29, 1.82) is 0 Å². The molecule has 0 aliphatic carbocycles. The summed E-state index contributed by atoms with van der Waals surface area (Å²) in [5, 5.41) is 2.60. The number of benzene rings is 2. The summed E-state index contributed by atoms with van der Waals surface area (Å²) >= 11 is 4.83. The fraction of sp³-hybridized carbons (Fsp3) is 0.125. The minimum Gasteiger partial charge on any atom is -0.324 e. The van der Waals surface area contributed by atoms with E-state index in [9.17, 15) is 9.59 Å². The standard InChI is InChI=1S/C16H12BrNO2S/c1-21-15-12-4-2-3-11(13(12)18-16(15)20)14(19)9-5-7-10(17)8-6-9/h2-8,15H,1H3,(H,18,20). The molecule has 0 bridgehead atoms. The number of amides is 1. The van der Waals surface area contributed by atoms with E-state index in [-0.39, 0.29) is 16.9 Å². The van der Waals surface area contributed by atoms with Gasteiger partial charge in [-0.2, -0.15) is 0 Å². The predicted molar refractivity (Wildman–Crippen MR) is 88.9 cm³/mol. The van der Waals surface area contributed by atoms with E-state index < -0.39 is 0 Å². The molecule has 0 spiro atoms. The Labute approximate surface area is 135 Å². The Morgan fingerprint density at radius 2 is 1.90 bits per heavy atom. The van der Waals surface area contributed by atoms with Gasteiger partial charge in [-0.25, -0.2) is 0 Å². The summed E-state index contributed by atoms with van der Waals surface area (Å²) in [4.78, 5) is 24.6. The zero-order valence-electron chi connectivity index (χ0n) is 11.2. The molecule has 2 aromatic carbocycles. The van der Waals surface area contributed by atoms with Crippen LogP contribution in [-0.2, 0) is 4.79 Å². The second-order valence-corrected chi connectivity index (χ2v) is 6.57. The summed E-state index contributed by atoms with van der Waals surface area (Å²) in [7, 11) is 0. The SMILES string of the molecule is CSC1C(=O)Nc2c(C(=O)c3ccc(Br)cc3)cccc21. The highest BCUT2D eigenvalue weighted by atomic mass is 79.9. The number of ketones is 1. The van der Waals surface area contributed by atoms with E-state index >= 15 is 0 Å². The van der Waals surface area contributed by atoms with E-state index in [1.807, 2.05) is 30.5 Å². The number of carbonyl (C=O) groups excluding carboxylic acids is 2. The highest BCUT2D eigenvalue weighted by molar-refractivity contribution is 9.10. The maximum atomic E-state index is 12.6. The van der Waals surface area contributed by atoms with Gasteiger partial charge in [0.05, 0.1) is 5.69 Å². The first-order valence-electron chi connectivity index (χ1n) is 6.38. The fourth-order valence-corrected chi connectivity index (χ4v) is 3.43. The molecule has 1 aliphatic rings. The summed E-state index contributed by atoms with van der Waals surface area (Å²) in [6.07, 6.45) is 1.89. The number of hydrogen-bond donors (Lipinski definition) is 1. The maximum Gasteiger partial charge on any atom is 0.242 e. The van der Waals surface area contributed by atoms with Gasteiger partial charge < -0.3 is 5.32 Å². The maximum absolute atomic E-state index is 12.6. The molecule has 0 saturated carbocycles. The quantitative estimate of drug-likeness (QED) is 0.839. The van der Waals surface area contributed by atoms with Crippen molar-refractivity contribution in [3.05, 3.63) is 63.6 Å². The largest absolute Gasteiger partial charge is 0.324 e. The highest BCUT2D eigenvalue weighted by Gasteiger charge is 2.32. The lowest BCUT2D eigenvalue weighted by Gasteiger charge is -2.08. The van der Waals surface area contributed by atoms with Crippen LogP contribution in [0.1, 0.15) is 26.7 Å². The number of para-hydroxylation sites is 1. The summed E-state index contributed by atoms with van der Waals surface area (Å²) < 4.78 is 0.924. The predicted octanol–water partition coefficient (Wildman–Crippen LogP) is 4.04. The first-order valence-corrected chi connectivity index (χ1v) is 8.46. The van der Waals surface area contributed by atoms with Gasteiger partial charge in [0, 0.05) is 15.6 Å². The summed E-state index contributed by atoms with van der Waals surface area (Å²) in [5.41, 5.74) is 2.68. The van der Waals surface area contributed by atoms with E-state index in [4.69, 9.17) is 0 Å². The molecular formula is C16H12BrNO2S. The molecule has 3 nitrogen and oxygen atoms in total. The van der Waals surface area contributed by atoms with Crippen LogP contribution in [0, 0.1) is 0 Å². The van der Waals surface area contributed by atoms with Gasteiger partial charge in [0.1, 0.15) is 5.25 Å².